The highest BCUT2D eigenvalue weighted by atomic mass is 79.9. The van der Waals surface area contributed by atoms with Gasteiger partial charge in [-0.05, 0) is 38.8 Å². The molecule has 1 fully saturated rings. The van der Waals surface area contributed by atoms with Crippen LogP contribution in [0, 0.1) is 6.92 Å². The molecule has 19 heavy (non-hydrogen) atoms. The molecule has 0 aliphatic carbocycles. The molecule has 1 saturated heterocycles. The Balaban J connectivity index is 2.30. The van der Waals surface area contributed by atoms with Crippen molar-refractivity contribution in [1.82, 2.24) is 5.32 Å². The van der Waals surface area contributed by atoms with Crippen LogP contribution < -0.4 is 14.8 Å². The molecule has 106 valence electrons. The summed E-state index contributed by atoms with van der Waals surface area (Å²) in [4.78, 5) is 0. The van der Waals surface area contributed by atoms with Crippen molar-refractivity contribution in [2.75, 3.05) is 20.8 Å². The molecule has 0 radical (unpaired) electrons. The van der Waals surface area contributed by atoms with Gasteiger partial charge in [0.2, 0.25) is 0 Å². The molecule has 1 unspecified atom stereocenters. The molecular weight excluding hydrogens is 306 g/mol. The molecule has 1 aliphatic rings. The van der Waals surface area contributed by atoms with E-state index in [9.17, 15) is 0 Å². The van der Waals surface area contributed by atoms with Crippen LogP contribution in [-0.4, -0.2) is 26.8 Å². The maximum absolute atomic E-state index is 5.57. The van der Waals surface area contributed by atoms with Crippen LogP contribution in [0.25, 0.3) is 0 Å². The number of halogens is 1. The van der Waals surface area contributed by atoms with Gasteiger partial charge in [0, 0.05) is 21.6 Å². The first-order chi connectivity index (χ1) is 9.17. The maximum atomic E-state index is 5.57. The van der Waals surface area contributed by atoms with E-state index in [0.29, 0.717) is 6.04 Å². The second-order valence-electron chi connectivity index (χ2n) is 5.06. The fourth-order valence-electron chi connectivity index (χ4n) is 2.74. The van der Waals surface area contributed by atoms with Gasteiger partial charge in [-0.15, -0.1) is 0 Å². The molecule has 1 heterocycles. The van der Waals surface area contributed by atoms with Crippen molar-refractivity contribution in [2.24, 2.45) is 0 Å². The normalized spacial score (nSPS) is 19.3. The van der Waals surface area contributed by atoms with E-state index in [0.717, 1.165) is 34.5 Å². The van der Waals surface area contributed by atoms with Gasteiger partial charge >= 0.3 is 0 Å². The standard InChI is InChI=1S/C15H22BrNO2/c1-10-13(16)9-11(15(19-3)14(10)18-2)8-12-6-4-5-7-17-12/h9,12,17H,4-8H2,1-3H3. The summed E-state index contributed by atoms with van der Waals surface area (Å²) >= 11 is 3.61. The van der Waals surface area contributed by atoms with Crippen molar-refractivity contribution in [1.29, 1.82) is 0 Å². The quantitative estimate of drug-likeness (QED) is 0.918. The minimum absolute atomic E-state index is 0.543. The lowest BCUT2D eigenvalue weighted by Gasteiger charge is -2.25. The van der Waals surface area contributed by atoms with Crippen molar-refractivity contribution in [2.45, 2.75) is 38.6 Å². The summed E-state index contributed by atoms with van der Waals surface area (Å²) in [6.45, 7) is 3.16. The Morgan fingerprint density at radius 2 is 2.00 bits per heavy atom. The van der Waals surface area contributed by atoms with Gasteiger partial charge in [-0.3, -0.25) is 0 Å². The van der Waals surface area contributed by atoms with Crippen molar-refractivity contribution in [3.05, 3.63) is 21.7 Å². The van der Waals surface area contributed by atoms with Crippen LogP contribution in [-0.2, 0) is 6.42 Å². The second kappa shape index (κ2) is 6.62. The highest BCUT2D eigenvalue weighted by Gasteiger charge is 2.20. The Labute approximate surface area is 123 Å². The van der Waals surface area contributed by atoms with E-state index in [1.807, 2.05) is 6.92 Å². The van der Waals surface area contributed by atoms with E-state index in [1.165, 1.54) is 24.8 Å². The van der Waals surface area contributed by atoms with Crippen molar-refractivity contribution in [3.8, 4) is 11.5 Å². The lowest BCUT2D eigenvalue weighted by atomic mass is 9.96. The highest BCUT2D eigenvalue weighted by molar-refractivity contribution is 9.10. The number of hydrogen-bond acceptors (Lipinski definition) is 3. The smallest absolute Gasteiger partial charge is 0.165 e. The molecule has 4 heteroatoms. The van der Waals surface area contributed by atoms with E-state index >= 15 is 0 Å². The van der Waals surface area contributed by atoms with Crippen LogP contribution in [0.4, 0.5) is 0 Å². The van der Waals surface area contributed by atoms with Crippen LogP contribution in [0.15, 0.2) is 10.5 Å². The third-order valence-electron chi connectivity index (χ3n) is 3.78. The monoisotopic (exact) mass is 327 g/mol. The number of rotatable bonds is 4. The Morgan fingerprint density at radius 1 is 1.26 bits per heavy atom. The van der Waals surface area contributed by atoms with Crippen LogP contribution in [0.1, 0.15) is 30.4 Å². The average molecular weight is 328 g/mol. The van der Waals surface area contributed by atoms with Gasteiger partial charge in [0.05, 0.1) is 14.2 Å². The van der Waals surface area contributed by atoms with Crippen LogP contribution in [0.5, 0.6) is 11.5 Å². The van der Waals surface area contributed by atoms with Crippen LogP contribution in [0.3, 0.4) is 0 Å². The molecular formula is C15H22BrNO2. The molecule has 1 aliphatic heterocycles. The lowest BCUT2D eigenvalue weighted by molar-refractivity contribution is 0.343. The lowest BCUT2D eigenvalue weighted by Crippen LogP contribution is -2.35. The largest absolute Gasteiger partial charge is 0.493 e. The first kappa shape index (κ1) is 14.7. The minimum Gasteiger partial charge on any atom is -0.493 e. The summed E-state index contributed by atoms with van der Waals surface area (Å²) < 4.78 is 12.2. The molecule has 0 saturated carbocycles. The molecule has 1 aromatic carbocycles. The highest BCUT2D eigenvalue weighted by Crippen LogP contribution is 2.39. The zero-order valence-corrected chi connectivity index (χ0v) is 13.5. The van der Waals surface area contributed by atoms with Crippen molar-refractivity contribution >= 4 is 15.9 Å². The van der Waals surface area contributed by atoms with Crippen LogP contribution in [0.2, 0.25) is 0 Å². The molecule has 1 N–H and O–H groups in total. The van der Waals surface area contributed by atoms with Gasteiger partial charge in [-0.25, -0.2) is 0 Å². The molecule has 3 nitrogen and oxygen atoms in total. The zero-order chi connectivity index (χ0) is 13.8. The first-order valence-corrected chi connectivity index (χ1v) is 7.60. The van der Waals surface area contributed by atoms with Gasteiger partial charge in [0.25, 0.3) is 0 Å². The second-order valence-corrected chi connectivity index (χ2v) is 5.91. The molecule has 1 atom stereocenters. The summed E-state index contributed by atoms with van der Waals surface area (Å²) in [5.41, 5.74) is 2.29. The van der Waals surface area contributed by atoms with E-state index in [4.69, 9.17) is 9.47 Å². The molecule has 0 aromatic heterocycles. The predicted octanol–water partition coefficient (Wildman–Crippen LogP) is 3.46. The summed E-state index contributed by atoms with van der Waals surface area (Å²) in [5, 5.41) is 3.58. The van der Waals surface area contributed by atoms with Gasteiger partial charge in [0.15, 0.2) is 11.5 Å². The third kappa shape index (κ3) is 3.23. The molecule has 0 bridgehead atoms. The summed E-state index contributed by atoms with van der Waals surface area (Å²) in [6.07, 6.45) is 4.81. The topological polar surface area (TPSA) is 30.5 Å². The zero-order valence-electron chi connectivity index (χ0n) is 11.9. The fraction of sp³-hybridized carbons (Fsp3) is 0.600. The number of hydrogen-bond donors (Lipinski definition) is 1. The molecule has 0 spiro atoms. The van der Waals surface area contributed by atoms with Gasteiger partial charge in [-0.1, -0.05) is 22.4 Å². The molecule has 0 amide bonds. The summed E-state index contributed by atoms with van der Waals surface area (Å²) in [7, 11) is 3.41. The third-order valence-corrected chi connectivity index (χ3v) is 4.61. The SMILES string of the molecule is COc1c(CC2CCCCN2)cc(Br)c(C)c1OC. The average Bonchev–Trinajstić information content (AvgIpc) is 2.43. The van der Waals surface area contributed by atoms with E-state index in [2.05, 4.69) is 27.3 Å². The Morgan fingerprint density at radius 3 is 2.58 bits per heavy atom. The Kier molecular flexibility index (Phi) is 5.11. The van der Waals surface area contributed by atoms with Gasteiger partial charge in [0.1, 0.15) is 0 Å². The number of piperidine rings is 1. The number of methoxy groups -OCH3 is 2. The number of nitrogens with one attached hydrogen (secondary N) is 1. The van der Waals surface area contributed by atoms with E-state index < -0.39 is 0 Å². The molecule has 2 rings (SSSR count). The number of ether oxygens (including phenoxy) is 2. The van der Waals surface area contributed by atoms with E-state index in [-0.39, 0.29) is 0 Å². The summed E-state index contributed by atoms with van der Waals surface area (Å²) in [6, 6.07) is 2.70. The van der Waals surface area contributed by atoms with E-state index in [1.54, 1.807) is 14.2 Å². The van der Waals surface area contributed by atoms with Crippen LogP contribution >= 0.6 is 15.9 Å². The van der Waals surface area contributed by atoms with Gasteiger partial charge in [-0.2, -0.15) is 0 Å². The van der Waals surface area contributed by atoms with Gasteiger partial charge < -0.3 is 14.8 Å². The van der Waals surface area contributed by atoms with Crippen molar-refractivity contribution < 1.29 is 9.47 Å². The predicted molar refractivity (Wildman–Crippen MR) is 81.3 cm³/mol. The Bertz CT molecular complexity index is 442. The first-order valence-electron chi connectivity index (χ1n) is 6.80. The Hall–Kier alpha value is -0.740. The maximum Gasteiger partial charge on any atom is 0.165 e. The summed E-state index contributed by atoms with van der Waals surface area (Å²) in [5.74, 6) is 1.71. The van der Waals surface area contributed by atoms with Crippen molar-refractivity contribution in [3.63, 3.8) is 0 Å². The number of benzene rings is 1. The fourth-order valence-corrected chi connectivity index (χ4v) is 3.19. The molecule has 1 aromatic rings. The minimum atomic E-state index is 0.543.